The third-order valence-electron chi connectivity index (χ3n) is 4.67. The number of rotatable bonds is 8. The predicted octanol–water partition coefficient (Wildman–Crippen LogP) is 4.97. The zero-order valence-corrected chi connectivity index (χ0v) is 18.6. The Morgan fingerprint density at radius 1 is 0.971 bits per heavy atom. The molecule has 10 heteroatoms. The van der Waals surface area contributed by atoms with Gasteiger partial charge in [0.15, 0.2) is 18.1 Å². The molecule has 4 N–H and O–H groups in total. The number of carbonyl (C=O) groups is 2. The van der Waals surface area contributed by atoms with Gasteiger partial charge >= 0.3 is 6.18 Å². The molecule has 7 nitrogen and oxygen atoms in total. The summed E-state index contributed by atoms with van der Waals surface area (Å²) in [5.74, 6) is -0.488. The average Bonchev–Trinajstić information content (AvgIpc) is 2.82. The summed E-state index contributed by atoms with van der Waals surface area (Å²) >= 11 is 0. The molecule has 0 heterocycles. The van der Waals surface area contributed by atoms with E-state index in [9.17, 15) is 22.8 Å². The molecule has 0 aliphatic carbocycles. The van der Waals surface area contributed by atoms with Crippen molar-refractivity contribution in [1.29, 1.82) is 0 Å². The third-order valence-corrected chi connectivity index (χ3v) is 4.67. The first-order valence-electron chi connectivity index (χ1n) is 10.3. The van der Waals surface area contributed by atoms with E-state index in [1.165, 1.54) is 25.3 Å². The second-order valence-corrected chi connectivity index (χ2v) is 7.24. The average molecular weight is 485 g/mol. The molecule has 0 radical (unpaired) electrons. The number of hydrogen-bond acceptors (Lipinski definition) is 5. The second-order valence-electron chi connectivity index (χ2n) is 7.24. The van der Waals surface area contributed by atoms with Gasteiger partial charge in [-0.3, -0.25) is 9.59 Å². The highest BCUT2D eigenvalue weighted by Gasteiger charge is 2.30. The summed E-state index contributed by atoms with van der Waals surface area (Å²) in [7, 11) is 1.41. The van der Waals surface area contributed by atoms with Crippen LogP contribution in [0.5, 0.6) is 11.5 Å². The number of hydrogen-bond donors (Lipinski definition) is 3. The first-order valence-corrected chi connectivity index (χ1v) is 10.3. The molecule has 3 aromatic rings. The molecule has 0 bridgehead atoms. The summed E-state index contributed by atoms with van der Waals surface area (Å²) < 4.78 is 49.2. The highest BCUT2D eigenvalue weighted by Crippen LogP contribution is 2.31. The van der Waals surface area contributed by atoms with Crippen molar-refractivity contribution in [3.8, 4) is 11.5 Å². The Labute approximate surface area is 199 Å². The largest absolute Gasteiger partial charge is 0.493 e. The number of methoxy groups -OCH3 is 1. The molecule has 0 aliphatic heterocycles. The molecule has 0 aromatic heterocycles. The number of anilines is 3. The zero-order chi connectivity index (χ0) is 25.4. The molecule has 0 saturated heterocycles. The van der Waals surface area contributed by atoms with Crippen molar-refractivity contribution in [2.45, 2.75) is 6.18 Å². The maximum absolute atomic E-state index is 12.8. The van der Waals surface area contributed by atoms with Crippen molar-refractivity contribution in [1.82, 2.24) is 0 Å². The third kappa shape index (κ3) is 7.26. The van der Waals surface area contributed by atoms with E-state index in [0.29, 0.717) is 22.7 Å². The van der Waals surface area contributed by atoms with Gasteiger partial charge in [0, 0.05) is 11.8 Å². The minimum Gasteiger partial charge on any atom is -0.493 e. The highest BCUT2D eigenvalue weighted by atomic mass is 19.4. The van der Waals surface area contributed by atoms with E-state index < -0.39 is 24.3 Å². The molecule has 3 rings (SSSR count). The van der Waals surface area contributed by atoms with Crippen molar-refractivity contribution in [2.75, 3.05) is 30.1 Å². The molecule has 0 spiro atoms. The Bertz CT molecular complexity index is 1240. The molecule has 2 amide bonds. The molecule has 35 heavy (non-hydrogen) atoms. The van der Waals surface area contributed by atoms with E-state index in [4.69, 9.17) is 15.2 Å². The molecule has 3 aromatic carbocycles. The van der Waals surface area contributed by atoms with Crippen LogP contribution in [0.3, 0.4) is 0 Å². The van der Waals surface area contributed by atoms with Gasteiger partial charge in [-0.05, 0) is 54.1 Å². The molecule has 0 unspecified atom stereocenters. The number of nitrogen functional groups attached to an aromatic ring is 1. The van der Waals surface area contributed by atoms with Crippen LogP contribution >= 0.6 is 0 Å². The van der Waals surface area contributed by atoms with Crippen molar-refractivity contribution in [2.24, 2.45) is 0 Å². The number of ether oxygens (including phenoxy) is 2. The van der Waals surface area contributed by atoms with Gasteiger partial charge in [-0.15, -0.1) is 0 Å². The monoisotopic (exact) mass is 485 g/mol. The van der Waals surface area contributed by atoms with Crippen LogP contribution in [-0.2, 0) is 15.8 Å². The van der Waals surface area contributed by atoms with E-state index in [0.717, 1.165) is 12.1 Å². The van der Waals surface area contributed by atoms with Crippen molar-refractivity contribution >= 4 is 35.0 Å². The number of halogens is 3. The molecule has 182 valence electrons. The maximum atomic E-state index is 12.8. The number of para-hydroxylation sites is 2. The Morgan fingerprint density at radius 3 is 2.46 bits per heavy atom. The molecule has 0 fully saturated rings. The van der Waals surface area contributed by atoms with Gasteiger partial charge in [-0.2, -0.15) is 13.2 Å². The van der Waals surface area contributed by atoms with Gasteiger partial charge in [-0.25, -0.2) is 0 Å². The van der Waals surface area contributed by atoms with Gasteiger partial charge in [0.25, 0.3) is 5.91 Å². The van der Waals surface area contributed by atoms with E-state index in [1.807, 2.05) is 0 Å². The maximum Gasteiger partial charge on any atom is 0.416 e. The van der Waals surface area contributed by atoms with Gasteiger partial charge in [0.1, 0.15) is 0 Å². The van der Waals surface area contributed by atoms with Crippen LogP contribution in [0.2, 0.25) is 0 Å². The molecular weight excluding hydrogens is 463 g/mol. The fourth-order valence-corrected chi connectivity index (χ4v) is 2.98. The van der Waals surface area contributed by atoms with E-state index >= 15 is 0 Å². The van der Waals surface area contributed by atoms with Crippen LogP contribution in [0, 0.1) is 0 Å². The Morgan fingerprint density at radius 2 is 1.74 bits per heavy atom. The lowest BCUT2D eigenvalue weighted by atomic mass is 10.2. The first kappa shape index (κ1) is 25.2. The van der Waals surface area contributed by atoms with Crippen LogP contribution in [0.4, 0.5) is 30.2 Å². The summed E-state index contributed by atoms with van der Waals surface area (Å²) in [5, 5.41) is 5.03. The number of nitrogens with two attached hydrogens (primary N) is 1. The fourth-order valence-electron chi connectivity index (χ4n) is 2.98. The number of amides is 2. The standard InChI is InChI=1S/C25H22F3N3O4/c1-34-22-13-16(10-12-23(32)31-20-8-3-2-7-19(20)29)9-11-21(22)35-15-24(33)30-18-6-4-5-17(14-18)25(26,27)28/h2-14H,15,29H2,1H3,(H,30,33)(H,31,32)/b12-10+. The van der Waals surface area contributed by atoms with Crippen LogP contribution < -0.4 is 25.8 Å². The molecular formula is C25H22F3N3O4. The molecule has 0 atom stereocenters. The zero-order valence-electron chi connectivity index (χ0n) is 18.6. The van der Waals surface area contributed by atoms with Gasteiger partial charge in [0.05, 0.1) is 24.0 Å². The fraction of sp³-hybridized carbons (Fsp3) is 0.120. The second kappa shape index (κ2) is 11.1. The van der Waals surface area contributed by atoms with Gasteiger partial charge in [0.2, 0.25) is 5.91 Å². The minimum atomic E-state index is -4.52. The normalized spacial score (nSPS) is 11.2. The van der Waals surface area contributed by atoms with Crippen molar-refractivity contribution in [3.63, 3.8) is 0 Å². The van der Waals surface area contributed by atoms with E-state index in [-0.39, 0.29) is 17.3 Å². The van der Waals surface area contributed by atoms with Crippen LogP contribution in [0.1, 0.15) is 11.1 Å². The smallest absolute Gasteiger partial charge is 0.416 e. The van der Waals surface area contributed by atoms with Gasteiger partial charge in [-0.1, -0.05) is 24.3 Å². The summed E-state index contributed by atoms with van der Waals surface area (Å²) in [6.45, 7) is -0.456. The Kier molecular flexibility index (Phi) is 7.98. The summed E-state index contributed by atoms with van der Waals surface area (Å²) in [6.07, 6.45) is -1.64. The molecule has 0 saturated carbocycles. The van der Waals surface area contributed by atoms with Crippen molar-refractivity contribution < 1.29 is 32.2 Å². The lowest BCUT2D eigenvalue weighted by molar-refractivity contribution is -0.137. The lowest BCUT2D eigenvalue weighted by Crippen LogP contribution is -2.20. The van der Waals surface area contributed by atoms with Crippen molar-refractivity contribution in [3.05, 3.63) is 83.9 Å². The summed E-state index contributed by atoms with van der Waals surface area (Å²) in [5.41, 5.74) is 6.48. The first-order chi connectivity index (χ1) is 16.7. The molecule has 0 aliphatic rings. The van der Waals surface area contributed by atoms with Gasteiger partial charge < -0.3 is 25.8 Å². The quantitative estimate of drug-likeness (QED) is 0.309. The highest BCUT2D eigenvalue weighted by molar-refractivity contribution is 6.03. The summed E-state index contributed by atoms with van der Waals surface area (Å²) in [4.78, 5) is 24.3. The van der Waals surface area contributed by atoms with Crippen LogP contribution in [0.15, 0.2) is 72.8 Å². The predicted molar refractivity (Wildman–Crippen MR) is 127 cm³/mol. The lowest BCUT2D eigenvalue weighted by Gasteiger charge is -2.12. The minimum absolute atomic E-state index is 0.00332. The SMILES string of the molecule is COc1cc(/C=C/C(=O)Nc2ccccc2N)ccc1OCC(=O)Nc1cccc(C(F)(F)F)c1. The Balaban J connectivity index is 1.59. The number of carbonyl (C=O) groups excluding carboxylic acids is 2. The van der Waals surface area contributed by atoms with Crippen LogP contribution in [0.25, 0.3) is 6.08 Å². The van der Waals surface area contributed by atoms with E-state index in [1.54, 1.807) is 48.5 Å². The topological polar surface area (TPSA) is 103 Å². The Hall–Kier alpha value is -4.47. The van der Waals surface area contributed by atoms with E-state index in [2.05, 4.69) is 10.6 Å². The number of nitrogens with one attached hydrogen (secondary N) is 2. The van der Waals surface area contributed by atoms with Crippen LogP contribution in [-0.4, -0.2) is 25.5 Å². The number of benzene rings is 3. The number of alkyl halides is 3. The summed E-state index contributed by atoms with van der Waals surface area (Å²) in [6, 6.07) is 15.9.